The molecule has 1 heterocycles. The summed E-state index contributed by atoms with van der Waals surface area (Å²) >= 11 is 0. The highest BCUT2D eigenvalue weighted by atomic mass is 32.2. The number of carbonyl (C=O) groups is 1. The van der Waals surface area contributed by atoms with Crippen molar-refractivity contribution in [1.29, 1.82) is 0 Å². The van der Waals surface area contributed by atoms with Gasteiger partial charge in [-0.15, -0.1) is 0 Å². The van der Waals surface area contributed by atoms with Crippen LogP contribution in [0.5, 0.6) is 5.75 Å². The van der Waals surface area contributed by atoms with Crippen LogP contribution in [0.4, 0.5) is 5.69 Å². The Morgan fingerprint density at radius 1 is 1.35 bits per heavy atom. The first kappa shape index (κ1) is 20.5. The molecule has 1 aliphatic rings. The van der Waals surface area contributed by atoms with Crippen LogP contribution in [0.25, 0.3) is 0 Å². The van der Waals surface area contributed by atoms with Crippen LogP contribution in [0, 0.1) is 5.92 Å². The summed E-state index contributed by atoms with van der Waals surface area (Å²) in [4.78, 5) is 14.1. The van der Waals surface area contributed by atoms with Gasteiger partial charge in [-0.05, 0) is 56.9 Å². The lowest BCUT2D eigenvalue weighted by atomic mass is 9.92. The van der Waals surface area contributed by atoms with Crippen molar-refractivity contribution in [3.8, 4) is 5.75 Å². The lowest BCUT2D eigenvalue weighted by Crippen LogP contribution is -2.51. The van der Waals surface area contributed by atoms with Crippen molar-refractivity contribution in [2.45, 2.75) is 45.8 Å². The number of piperidine rings is 1. The average Bonchev–Trinajstić information content (AvgIpc) is 2.55. The van der Waals surface area contributed by atoms with E-state index in [1.165, 1.54) is 0 Å². The van der Waals surface area contributed by atoms with Crippen LogP contribution in [-0.2, 0) is 14.8 Å². The third-order valence-electron chi connectivity index (χ3n) is 4.38. The maximum absolute atomic E-state index is 12.5. The van der Waals surface area contributed by atoms with Gasteiger partial charge < -0.3 is 15.4 Å². The first-order chi connectivity index (χ1) is 12.2. The number of nitrogens with two attached hydrogens (primary N) is 1. The van der Waals surface area contributed by atoms with E-state index in [4.69, 9.17) is 10.5 Å². The van der Waals surface area contributed by atoms with Gasteiger partial charge in [0.25, 0.3) is 0 Å². The molecule has 26 heavy (non-hydrogen) atoms. The van der Waals surface area contributed by atoms with Crippen molar-refractivity contribution in [3.63, 3.8) is 0 Å². The fourth-order valence-corrected chi connectivity index (χ4v) is 4.20. The maximum atomic E-state index is 12.5. The molecule has 0 saturated carbocycles. The molecule has 1 aromatic carbocycles. The second-order valence-electron chi connectivity index (χ2n) is 7.16. The fraction of sp³-hybridized carbons (Fsp3) is 0.611. The number of amides is 1. The predicted octanol–water partition coefficient (Wildman–Crippen LogP) is 1.80. The van der Waals surface area contributed by atoms with Crippen LogP contribution >= 0.6 is 0 Å². The van der Waals surface area contributed by atoms with E-state index < -0.39 is 21.7 Å². The Bertz CT molecular complexity index is 704. The molecule has 3 N–H and O–H groups in total. The van der Waals surface area contributed by atoms with Crippen LogP contribution in [0.3, 0.4) is 0 Å². The number of nitrogens with zero attached hydrogens (tertiary/aromatic N) is 1. The van der Waals surface area contributed by atoms with Gasteiger partial charge in [-0.25, -0.2) is 8.42 Å². The minimum Gasteiger partial charge on any atom is -0.491 e. The quantitative estimate of drug-likeness (QED) is 0.747. The molecule has 1 aliphatic heterocycles. The van der Waals surface area contributed by atoms with Gasteiger partial charge in [0.2, 0.25) is 15.9 Å². The van der Waals surface area contributed by atoms with Crippen molar-refractivity contribution >= 4 is 21.6 Å². The minimum atomic E-state index is -3.79. The zero-order valence-corrected chi connectivity index (χ0v) is 16.5. The Morgan fingerprint density at radius 2 is 2.00 bits per heavy atom. The summed E-state index contributed by atoms with van der Waals surface area (Å²) in [5, 5.41) is 0. The number of benzene rings is 1. The van der Waals surface area contributed by atoms with E-state index in [1.54, 1.807) is 29.2 Å². The number of rotatable bonds is 7. The fourth-order valence-electron chi connectivity index (χ4n) is 3.14. The van der Waals surface area contributed by atoms with Crippen LogP contribution in [-0.4, -0.2) is 50.2 Å². The molecule has 0 radical (unpaired) electrons. The zero-order valence-electron chi connectivity index (χ0n) is 15.6. The third-order valence-corrected chi connectivity index (χ3v) is 5.56. The number of ether oxygens (including phenoxy) is 1. The van der Waals surface area contributed by atoms with Gasteiger partial charge >= 0.3 is 0 Å². The number of sulfonamides is 1. The lowest BCUT2D eigenvalue weighted by molar-refractivity contribution is -0.132. The van der Waals surface area contributed by atoms with Gasteiger partial charge in [0.1, 0.15) is 11.5 Å². The summed E-state index contributed by atoms with van der Waals surface area (Å²) in [6.07, 6.45) is 1.72. The van der Waals surface area contributed by atoms with Gasteiger partial charge in [-0.1, -0.05) is 6.92 Å². The highest BCUT2D eigenvalue weighted by Crippen LogP contribution is 2.23. The van der Waals surface area contributed by atoms with E-state index in [0.717, 1.165) is 12.8 Å². The Labute approximate surface area is 155 Å². The Balaban J connectivity index is 1.98. The van der Waals surface area contributed by atoms with Gasteiger partial charge in [-0.3, -0.25) is 9.52 Å². The Kier molecular flexibility index (Phi) is 6.88. The number of hydrogen-bond donors (Lipinski definition) is 2. The van der Waals surface area contributed by atoms with Crippen molar-refractivity contribution in [3.05, 3.63) is 24.3 Å². The zero-order chi connectivity index (χ0) is 19.3. The third kappa shape index (κ3) is 5.88. The van der Waals surface area contributed by atoms with E-state index >= 15 is 0 Å². The number of nitrogens with one attached hydrogen (secondary N) is 1. The van der Waals surface area contributed by atoms with Gasteiger partial charge in [0.15, 0.2) is 0 Å². The number of hydrogen-bond acceptors (Lipinski definition) is 5. The molecule has 146 valence electrons. The highest BCUT2D eigenvalue weighted by Gasteiger charge is 2.31. The second kappa shape index (κ2) is 8.73. The van der Waals surface area contributed by atoms with Crippen LogP contribution in [0.15, 0.2) is 24.3 Å². The monoisotopic (exact) mass is 383 g/mol. The molecule has 0 aromatic heterocycles. The first-order valence-electron chi connectivity index (χ1n) is 8.97. The van der Waals surface area contributed by atoms with E-state index in [1.807, 2.05) is 13.8 Å². The lowest BCUT2D eigenvalue weighted by Gasteiger charge is -2.38. The molecule has 0 bridgehead atoms. The van der Waals surface area contributed by atoms with E-state index in [2.05, 4.69) is 11.6 Å². The molecule has 0 aliphatic carbocycles. The predicted molar refractivity (Wildman–Crippen MR) is 103 cm³/mol. The molecule has 2 rings (SSSR count). The number of carbonyl (C=O) groups excluding carboxylic acids is 1. The largest absolute Gasteiger partial charge is 0.491 e. The molecule has 0 spiro atoms. The minimum absolute atomic E-state index is 0.0397. The van der Waals surface area contributed by atoms with Crippen molar-refractivity contribution in [2.75, 3.05) is 23.6 Å². The smallest absolute Gasteiger partial charge is 0.241 e. The summed E-state index contributed by atoms with van der Waals surface area (Å²) in [6.45, 7) is 6.85. The summed E-state index contributed by atoms with van der Waals surface area (Å²) in [7, 11) is -3.79. The number of anilines is 1. The summed E-state index contributed by atoms with van der Waals surface area (Å²) in [5.74, 6) is 0.169. The van der Waals surface area contributed by atoms with E-state index in [9.17, 15) is 13.2 Å². The normalized spacial score (nSPS) is 20.9. The highest BCUT2D eigenvalue weighted by molar-refractivity contribution is 7.93. The average molecular weight is 384 g/mol. The Hall–Kier alpha value is -1.80. The first-order valence-corrected chi connectivity index (χ1v) is 10.6. The van der Waals surface area contributed by atoms with Crippen LogP contribution in [0.2, 0.25) is 0 Å². The molecular formula is C18H29N3O4S. The molecule has 7 nitrogen and oxygen atoms in total. The SMILES string of the molecule is CC1CCN(C(=O)CS(=O)(=O)Nc2ccc(OC(C)C)cc2)C(CN)C1. The molecule has 1 fully saturated rings. The van der Waals surface area contributed by atoms with Crippen LogP contribution < -0.4 is 15.2 Å². The maximum Gasteiger partial charge on any atom is 0.241 e. The Morgan fingerprint density at radius 3 is 2.58 bits per heavy atom. The van der Waals surface area contributed by atoms with E-state index in [0.29, 0.717) is 30.4 Å². The van der Waals surface area contributed by atoms with Crippen LogP contribution in [0.1, 0.15) is 33.6 Å². The van der Waals surface area contributed by atoms with E-state index in [-0.39, 0.29) is 12.1 Å². The van der Waals surface area contributed by atoms with Crippen molar-refractivity contribution in [2.24, 2.45) is 11.7 Å². The molecule has 1 saturated heterocycles. The summed E-state index contributed by atoms with van der Waals surface area (Å²) in [6, 6.07) is 6.52. The standard InChI is InChI=1S/C18H29N3O4S/c1-13(2)25-17-6-4-15(5-7-17)20-26(23,24)12-18(22)21-9-8-14(3)10-16(21)11-19/h4-7,13-14,16,20H,8-12,19H2,1-3H3. The van der Waals surface area contributed by atoms with Crippen molar-refractivity contribution < 1.29 is 17.9 Å². The summed E-state index contributed by atoms with van der Waals surface area (Å²) < 4.78 is 32.7. The van der Waals surface area contributed by atoms with Crippen molar-refractivity contribution in [1.82, 2.24) is 4.90 Å². The second-order valence-corrected chi connectivity index (χ2v) is 8.88. The van der Waals surface area contributed by atoms with Gasteiger partial charge in [0, 0.05) is 24.8 Å². The van der Waals surface area contributed by atoms with Gasteiger partial charge in [-0.2, -0.15) is 0 Å². The molecule has 2 atom stereocenters. The molecule has 1 aromatic rings. The van der Waals surface area contributed by atoms with Gasteiger partial charge in [0.05, 0.1) is 6.10 Å². The molecule has 1 amide bonds. The molecule has 2 unspecified atom stereocenters. The molecular weight excluding hydrogens is 354 g/mol. The summed E-state index contributed by atoms with van der Waals surface area (Å²) in [5.41, 5.74) is 6.16. The number of likely N-dealkylation sites (tertiary alicyclic amines) is 1. The molecule has 8 heteroatoms. The topological polar surface area (TPSA) is 102 Å².